The van der Waals surface area contributed by atoms with Crippen LogP contribution in [0.5, 0.6) is 0 Å². The number of nitro benzene ring substituents is 1. The highest BCUT2D eigenvalue weighted by Crippen LogP contribution is 2.53. The maximum Gasteiger partial charge on any atom is 0.339 e. The zero-order valence-corrected chi connectivity index (χ0v) is 20.5. The first kappa shape index (κ1) is 26.3. The fourth-order valence-electron chi connectivity index (χ4n) is 3.69. The van der Waals surface area contributed by atoms with Crippen molar-refractivity contribution in [3.8, 4) is 0 Å². The molecule has 0 radical (unpaired) electrons. The minimum absolute atomic E-state index is 0.000546. The van der Waals surface area contributed by atoms with Gasteiger partial charge in [-0.1, -0.05) is 24.3 Å². The Balaban J connectivity index is 3.03. The summed E-state index contributed by atoms with van der Waals surface area (Å²) in [6.07, 6.45) is 2.03. The molecule has 0 spiro atoms. The van der Waals surface area contributed by atoms with Gasteiger partial charge in [0.1, 0.15) is 6.10 Å². The van der Waals surface area contributed by atoms with Crippen LogP contribution in [0.4, 0.5) is 5.69 Å². The number of nitro groups is 1. The van der Waals surface area contributed by atoms with Gasteiger partial charge in [0.15, 0.2) is 5.60 Å². The molecule has 178 valence electrons. The average molecular weight is 476 g/mol. The lowest BCUT2D eigenvalue weighted by Crippen LogP contribution is -2.46. The second kappa shape index (κ2) is 10.7. The maximum atomic E-state index is 13.2. The van der Waals surface area contributed by atoms with Gasteiger partial charge in [-0.05, 0) is 27.7 Å². The molecule has 9 nitrogen and oxygen atoms in total. The zero-order valence-electron chi connectivity index (χ0n) is 19.4. The molecule has 0 saturated heterocycles. The number of carbonyl (C=O) groups excluding carboxylic acids is 1. The van der Waals surface area contributed by atoms with Crippen molar-refractivity contribution in [1.29, 1.82) is 0 Å². The molecule has 0 bridgehead atoms. The van der Waals surface area contributed by atoms with E-state index in [2.05, 4.69) is 13.2 Å². The molecule has 33 heavy (non-hydrogen) atoms. The Bertz CT molecular complexity index is 1050. The van der Waals surface area contributed by atoms with E-state index < -0.39 is 37.2 Å². The first-order valence-electron chi connectivity index (χ1n) is 10.2. The van der Waals surface area contributed by atoms with Crippen molar-refractivity contribution in [1.82, 2.24) is 5.06 Å². The normalized spacial score (nSPS) is 20.7. The molecule has 10 heteroatoms. The van der Waals surface area contributed by atoms with Crippen LogP contribution in [0.1, 0.15) is 33.3 Å². The molecule has 0 N–H and O–H groups in total. The van der Waals surface area contributed by atoms with Crippen LogP contribution in [-0.2, 0) is 29.3 Å². The van der Waals surface area contributed by atoms with Crippen molar-refractivity contribution in [2.75, 3.05) is 7.11 Å². The summed E-state index contributed by atoms with van der Waals surface area (Å²) in [6.45, 7) is 14.2. The monoisotopic (exact) mass is 476 g/mol. The molecule has 1 aromatic rings. The summed E-state index contributed by atoms with van der Waals surface area (Å²) in [4.78, 5) is 30.1. The Morgan fingerprint density at radius 1 is 1.21 bits per heavy atom. The molecule has 1 aliphatic rings. The fraction of sp³-hybridized carbons (Fsp3) is 0.348. The summed E-state index contributed by atoms with van der Waals surface area (Å²) in [5, 5.41) is 13.1. The lowest BCUT2D eigenvalue weighted by Gasteiger charge is -2.45. The topological polar surface area (TPSA) is 108 Å². The van der Waals surface area contributed by atoms with Crippen LogP contribution in [0.25, 0.3) is 0 Å². The number of non-ortho nitro benzene ring substituents is 1. The largest absolute Gasteiger partial charge is 0.466 e. The third kappa shape index (κ3) is 4.85. The first-order chi connectivity index (χ1) is 15.6. The molecule has 1 aliphatic heterocycles. The van der Waals surface area contributed by atoms with Crippen molar-refractivity contribution >= 4 is 20.1 Å². The van der Waals surface area contributed by atoms with Gasteiger partial charge >= 0.3 is 5.97 Å². The number of benzene rings is 1. The van der Waals surface area contributed by atoms with Crippen LogP contribution in [0.3, 0.4) is 0 Å². The van der Waals surface area contributed by atoms with Gasteiger partial charge in [-0.3, -0.25) is 15.0 Å². The average Bonchev–Trinajstić information content (AvgIpc) is 2.81. The van der Waals surface area contributed by atoms with Gasteiger partial charge in [0, 0.05) is 23.0 Å². The van der Waals surface area contributed by atoms with Gasteiger partial charge in [-0.2, -0.15) is 0 Å². The predicted octanol–water partition coefficient (Wildman–Crippen LogP) is 4.64. The third-order valence-electron chi connectivity index (χ3n) is 5.36. The Morgan fingerprint density at radius 2 is 1.85 bits per heavy atom. The number of nitrogens with zero attached hydrogens (tertiary/aromatic N) is 2. The van der Waals surface area contributed by atoms with Crippen molar-refractivity contribution in [3.63, 3.8) is 0 Å². The van der Waals surface area contributed by atoms with Crippen LogP contribution in [0.2, 0.25) is 0 Å². The zero-order chi connectivity index (χ0) is 24.9. The van der Waals surface area contributed by atoms with Gasteiger partial charge < -0.3 is 14.0 Å². The summed E-state index contributed by atoms with van der Waals surface area (Å²) >= 11 is 0. The smallest absolute Gasteiger partial charge is 0.339 e. The van der Waals surface area contributed by atoms with Crippen LogP contribution in [-0.4, -0.2) is 35.3 Å². The fourth-order valence-corrected chi connectivity index (χ4v) is 4.52. The summed E-state index contributed by atoms with van der Waals surface area (Å²) in [5.41, 5.74) is -0.914. The Morgan fingerprint density at radius 3 is 2.36 bits per heavy atom. The van der Waals surface area contributed by atoms with Crippen molar-refractivity contribution in [2.24, 2.45) is 0 Å². The molecule has 0 aliphatic carbocycles. The number of carbonyl (C=O) groups is 1. The van der Waals surface area contributed by atoms with Crippen LogP contribution >= 0.6 is 8.46 Å². The SMILES string of the molecule is C=CC(C)ON1C(C)=C([PH2]=O)C(OC(C)C=C)(c2cccc([N+](=O)[O-])c2)C(C(=O)OC)=C1C. The van der Waals surface area contributed by atoms with Gasteiger partial charge in [0.25, 0.3) is 5.69 Å². The first-order valence-corrected chi connectivity index (χ1v) is 11.2. The van der Waals surface area contributed by atoms with E-state index in [1.165, 1.54) is 36.4 Å². The lowest BCUT2D eigenvalue weighted by atomic mass is 9.80. The summed E-state index contributed by atoms with van der Waals surface area (Å²) in [7, 11) is -0.459. The molecule has 1 heterocycles. The number of hydrogen-bond acceptors (Lipinski definition) is 8. The highest BCUT2D eigenvalue weighted by atomic mass is 31.1. The molecule has 1 aromatic carbocycles. The van der Waals surface area contributed by atoms with E-state index in [0.717, 1.165) is 0 Å². The summed E-state index contributed by atoms with van der Waals surface area (Å²) < 4.78 is 24.2. The van der Waals surface area contributed by atoms with E-state index in [0.29, 0.717) is 11.4 Å². The van der Waals surface area contributed by atoms with E-state index in [1.807, 2.05) is 0 Å². The molecule has 4 unspecified atom stereocenters. The number of allylic oxidation sites excluding steroid dienone is 2. The molecule has 0 amide bonds. The third-order valence-corrected chi connectivity index (χ3v) is 6.42. The summed E-state index contributed by atoms with van der Waals surface area (Å²) in [5.74, 6) is -0.757. The van der Waals surface area contributed by atoms with E-state index in [-0.39, 0.29) is 22.1 Å². The number of rotatable bonds is 10. The molecule has 0 aromatic heterocycles. The molecular formula is C23H29N2O7P. The number of ether oxygens (including phenoxy) is 2. The van der Waals surface area contributed by atoms with Crippen molar-refractivity contribution in [3.05, 3.63) is 87.5 Å². The van der Waals surface area contributed by atoms with Gasteiger partial charge in [0.2, 0.25) is 0 Å². The van der Waals surface area contributed by atoms with Crippen LogP contribution in [0, 0.1) is 10.1 Å². The van der Waals surface area contributed by atoms with Gasteiger partial charge in [-0.25, -0.2) is 9.86 Å². The molecule has 2 rings (SSSR count). The molecule has 0 saturated carbocycles. The van der Waals surface area contributed by atoms with E-state index >= 15 is 0 Å². The quantitative estimate of drug-likeness (QED) is 0.158. The number of methoxy groups -OCH3 is 1. The van der Waals surface area contributed by atoms with Gasteiger partial charge in [0.05, 0.1) is 43.6 Å². The lowest BCUT2D eigenvalue weighted by molar-refractivity contribution is -0.385. The second-order valence-electron chi connectivity index (χ2n) is 7.46. The molecule has 0 fully saturated rings. The van der Waals surface area contributed by atoms with Gasteiger partial charge in [-0.15, -0.1) is 13.2 Å². The molecule has 4 atom stereocenters. The van der Waals surface area contributed by atoms with Crippen molar-refractivity contribution in [2.45, 2.75) is 45.5 Å². The minimum Gasteiger partial charge on any atom is -0.466 e. The minimum atomic E-state index is -1.73. The van der Waals surface area contributed by atoms with E-state index in [9.17, 15) is 19.5 Å². The van der Waals surface area contributed by atoms with E-state index in [1.54, 1.807) is 39.8 Å². The number of hydroxylamine groups is 2. The second-order valence-corrected chi connectivity index (χ2v) is 8.27. The predicted molar refractivity (Wildman–Crippen MR) is 126 cm³/mol. The Kier molecular flexibility index (Phi) is 8.55. The molecular weight excluding hydrogens is 447 g/mol. The number of esters is 1. The van der Waals surface area contributed by atoms with E-state index in [4.69, 9.17) is 14.3 Å². The standard InChI is InChI=1S/C23H29N2O7P/c1-8-14(3)31-23(18-11-10-12-19(13-18)25(27)28)20(22(26)30-7)16(5)24(32-15(4)9-2)17(6)21(23)33-29/h8-15H,1-2,33H2,3-7H3. The number of hydrogen-bond donors (Lipinski definition) is 0. The highest BCUT2D eigenvalue weighted by molar-refractivity contribution is 7.29. The Hall–Kier alpha value is -3.00. The Labute approximate surface area is 194 Å². The van der Waals surface area contributed by atoms with Crippen LogP contribution in [0.15, 0.2) is 71.9 Å². The summed E-state index contributed by atoms with van der Waals surface area (Å²) in [6, 6.07) is 5.70. The van der Waals surface area contributed by atoms with Crippen molar-refractivity contribution < 1.29 is 28.6 Å². The maximum absolute atomic E-state index is 13.2. The van der Waals surface area contributed by atoms with Crippen LogP contribution < -0.4 is 0 Å². The highest BCUT2D eigenvalue weighted by Gasteiger charge is 2.52.